The van der Waals surface area contributed by atoms with E-state index in [0.717, 1.165) is 30.6 Å². The average Bonchev–Trinajstić information content (AvgIpc) is 2.87. The molecule has 0 aliphatic carbocycles. The van der Waals surface area contributed by atoms with Crippen LogP contribution in [0.1, 0.15) is 42.1 Å². The van der Waals surface area contributed by atoms with Gasteiger partial charge >= 0.3 is 0 Å². The summed E-state index contributed by atoms with van der Waals surface area (Å²) in [5.74, 6) is 0.790. The number of hydrogen-bond donors (Lipinski definition) is 1. The van der Waals surface area contributed by atoms with Crippen LogP contribution in [-0.4, -0.2) is 28.9 Å². The normalized spacial score (nSPS) is 18.6. The molecule has 1 aromatic carbocycles. The average molecular weight is 276 g/mol. The Morgan fingerprint density at radius 3 is 2.58 bits per heavy atom. The first-order valence-corrected chi connectivity index (χ1v) is 7.21. The molecule has 0 saturated carbocycles. The number of likely N-dealkylation sites (tertiary alicyclic amines) is 1. The lowest BCUT2D eigenvalue weighted by atomic mass is 10.0. The van der Waals surface area contributed by atoms with Gasteiger partial charge in [-0.1, -0.05) is 37.7 Å². The second-order valence-electron chi connectivity index (χ2n) is 5.14. The van der Waals surface area contributed by atoms with E-state index in [0.29, 0.717) is 10.9 Å². The molecule has 0 spiro atoms. The molecule has 1 aliphatic heterocycles. The summed E-state index contributed by atoms with van der Waals surface area (Å²) < 4.78 is 0. The highest BCUT2D eigenvalue weighted by Crippen LogP contribution is 2.22. The summed E-state index contributed by atoms with van der Waals surface area (Å²) in [6, 6.07) is 7.25. The minimum Gasteiger partial charge on any atom is -0.389 e. The first-order valence-electron chi connectivity index (χ1n) is 6.81. The molecule has 1 unspecified atom stereocenters. The van der Waals surface area contributed by atoms with Crippen molar-refractivity contribution in [2.45, 2.75) is 26.2 Å². The Kier molecular flexibility index (Phi) is 4.53. The summed E-state index contributed by atoms with van der Waals surface area (Å²) >= 11 is 4.91. The predicted molar refractivity (Wildman–Crippen MR) is 81.2 cm³/mol. The Morgan fingerprint density at radius 2 is 2.00 bits per heavy atom. The number of carbonyl (C=O) groups excluding carboxylic acids is 1. The van der Waals surface area contributed by atoms with E-state index in [-0.39, 0.29) is 5.91 Å². The summed E-state index contributed by atoms with van der Waals surface area (Å²) in [6.07, 6.45) is 3.53. The van der Waals surface area contributed by atoms with Gasteiger partial charge in [-0.05, 0) is 30.9 Å². The van der Waals surface area contributed by atoms with Gasteiger partial charge in [0.05, 0.1) is 0 Å². The highest BCUT2D eigenvalue weighted by Gasteiger charge is 2.26. The maximum atomic E-state index is 12.3. The van der Waals surface area contributed by atoms with Crippen LogP contribution in [0.5, 0.6) is 0 Å². The number of carbonyl (C=O) groups is 1. The van der Waals surface area contributed by atoms with Crippen molar-refractivity contribution in [2.24, 2.45) is 11.7 Å². The van der Waals surface area contributed by atoms with Crippen molar-refractivity contribution >= 4 is 23.1 Å². The Hall–Kier alpha value is -1.42. The van der Waals surface area contributed by atoms with Gasteiger partial charge in [-0.3, -0.25) is 4.79 Å². The van der Waals surface area contributed by atoms with Crippen molar-refractivity contribution in [3.8, 4) is 0 Å². The standard InChI is InChI=1S/C15H20N2OS/c1-2-3-11-8-9-17(10-11)15(18)13-6-4-12(5-7-13)14(16)19/h4-7,11H,2-3,8-10H2,1H3,(H2,16,19). The molecule has 1 heterocycles. The van der Waals surface area contributed by atoms with Gasteiger partial charge in [-0.25, -0.2) is 0 Å². The van der Waals surface area contributed by atoms with Crippen molar-refractivity contribution in [3.63, 3.8) is 0 Å². The summed E-state index contributed by atoms with van der Waals surface area (Å²) in [5.41, 5.74) is 7.07. The zero-order valence-corrected chi connectivity index (χ0v) is 12.1. The Bertz CT molecular complexity index is 470. The maximum Gasteiger partial charge on any atom is 0.253 e. The van der Waals surface area contributed by atoms with Crippen molar-refractivity contribution in [1.82, 2.24) is 4.90 Å². The molecule has 0 radical (unpaired) electrons. The summed E-state index contributed by atoms with van der Waals surface area (Å²) in [6.45, 7) is 3.96. The molecule has 0 bridgehead atoms. The van der Waals surface area contributed by atoms with Crippen LogP contribution in [0.25, 0.3) is 0 Å². The van der Waals surface area contributed by atoms with Gasteiger partial charge in [0, 0.05) is 24.2 Å². The van der Waals surface area contributed by atoms with E-state index in [9.17, 15) is 4.79 Å². The molecule has 2 N–H and O–H groups in total. The fraction of sp³-hybridized carbons (Fsp3) is 0.467. The third kappa shape index (κ3) is 3.32. The zero-order valence-electron chi connectivity index (χ0n) is 11.3. The Labute approximate surface area is 119 Å². The topological polar surface area (TPSA) is 46.3 Å². The van der Waals surface area contributed by atoms with E-state index < -0.39 is 0 Å². The number of nitrogens with two attached hydrogens (primary N) is 1. The van der Waals surface area contributed by atoms with Gasteiger partial charge in [0.1, 0.15) is 4.99 Å². The molecule has 0 aromatic heterocycles. The Balaban J connectivity index is 2.02. The molecule has 2 rings (SSSR count). The van der Waals surface area contributed by atoms with Gasteiger partial charge in [-0.15, -0.1) is 0 Å². The molecule has 1 aromatic rings. The third-order valence-corrected chi connectivity index (χ3v) is 3.92. The molecule has 4 heteroatoms. The number of rotatable bonds is 4. The second-order valence-corrected chi connectivity index (χ2v) is 5.58. The van der Waals surface area contributed by atoms with E-state index in [2.05, 4.69) is 6.92 Å². The molecule has 1 amide bonds. The molecule has 1 aliphatic rings. The van der Waals surface area contributed by atoms with E-state index in [1.54, 1.807) is 0 Å². The molecule has 1 atom stereocenters. The lowest BCUT2D eigenvalue weighted by Crippen LogP contribution is -2.28. The van der Waals surface area contributed by atoms with Crippen LogP contribution < -0.4 is 5.73 Å². The van der Waals surface area contributed by atoms with Crippen molar-refractivity contribution in [3.05, 3.63) is 35.4 Å². The molecule has 1 saturated heterocycles. The van der Waals surface area contributed by atoms with E-state index in [4.69, 9.17) is 18.0 Å². The largest absolute Gasteiger partial charge is 0.389 e. The first-order chi connectivity index (χ1) is 9.11. The number of thiocarbonyl (C=S) groups is 1. The second kappa shape index (κ2) is 6.15. The Morgan fingerprint density at radius 1 is 1.37 bits per heavy atom. The van der Waals surface area contributed by atoms with Crippen LogP contribution in [0.2, 0.25) is 0 Å². The summed E-state index contributed by atoms with van der Waals surface area (Å²) in [5, 5.41) is 0. The van der Waals surface area contributed by atoms with Gasteiger partial charge in [-0.2, -0.15) is 0 Å². The lowest BCUT2D eigenvalue weighted by molar-refractivity contribution is 0.0786. The minimum atomic E-state index is 0.119. The number of nitrogens with zero attached hydrogens (tertiary/aromatic N) is 1. The summed E-state index contributed by atoms with van der Waals surface area (Å²) in [4.78, 5) is 14.7. The fourth-order valence-corrected chi connectivity index (χ4v) is 2.76. The van der Waals surface area contributed by atoms with Gasteiger partial charge in [0.25, 0.3) is 5.91 Å². The van der Waals surface area contributed by atoms with Crippen LogP contribution in [0, 0.1) is 5.92 Å². The molecule has 1 fully saturated rings. The number of benzene rings is 1. The maximum absolute atomic E-state index is 12.3. The lowest BCUT2D eigenvalue weighted by Gasteiger charge is -2.16. The SMILES string of the molecule is CCCC1CCN(C(=O)c2ccc(C(N)=S)cc2)C1. The summed E-state index contributed by atoms with van der Waals surface area (Å²) in [7, 11) is 0. The van der Waals surface area contributed by atoms with Crippen molar-refractivity contribution in [1.29, 1.82) is 0 Å². The van der Waals surface area contributed by atoms with Gasteiger partial charge < -0.3 is 10.6 Å². The highest BCUT2D eigenvalue weighted by atomic mass is 32.1. The molecule has 3 nitrogen and oxygen atoms in total. The van der Waals surface area contributed by atoms with Crippen LogP contribution in [0.15, 0.2) is 24.3 Å². The van der Waals surface area contributed by atoms with E-state index in [1.165, 1.54) is 12.8 Å². The first kappa shape index (κ1) is 14.0. The number of amides is 1. The predicted octanol–water partition coefficient (Wildman–Crippen LogP) is 2.58. The monoisotopic (exact) mass is 276 g/mol. The minimum absolute atomic E-state index is 0.119. The molecular formula is C15H20N2OS. The fourth-order valence-electron chi connectivity index (χ4n) is 2.62. The van der Waals surface area contributed by atoms with E-state index in [1.807, 2.05) is 29.2 Å². The van der Waals surface area contributed by atoms with Crippen LogP contribution in [0.3, 0.4) is 0 Å². The van der Waals surface area contributed by atoms with Gasteiger partial charge in [0.15, 0.2) is 0 Å². The van der Waals surface area contributed by atoms with Crippen LogP contribution in [-0.2, 0) is 0 Å². The van der Waals surface area contributed by atoms with Gasteiger partial charge in [0.2, 0.25) is 0 Å². The highest BCUT2D eigenvalue weighted by molar-refractivity contribution is 7.80. The zero-order chi connectivity index (χ0) is 13.8. The van der Waals surface area contributed by atoms with Crippen molar-refractivity contribution in [2.75, 3.05) is 13.1 Å². The smallest absolute Gasteiger partial charge is 0.253 e. The van der Waals surface area contributed by atoms with E-state index >= 15 is 0 Å². The van der Waals surface area contributed by atoms with Crippen LogP contribution in [0.4, 0.5) is 0 Å². The third-order valence-electron chi connectivity index (χ3n) is 3.69. The van der Waals surface area contributed by atoms with Crippen LogP contribution >= 0.6 is 12.2 Å². The molecular weight excluding hydrogens is 256 g/mol. The quantitative estimate of drug-likeness (QED) is 0.860. The molecule has 102 valence electrons. The molecule has 19 heavy (non-hydrogen) atoms. The van der Waals surface area contributed by atoms with Crippen molar-refractivity contribution < 1.29 is 4.79 Å². The number of hydrogen-bond acceptors (Lipinski definition) is 2.